The van der Waals surface area contributed by atoms with E-state index in [4.69, 9.17) is 4.98 Å². The minimum atomic E-state index is -0.387. The van der Waals surface area contributed by atoms with Crippen LogP contribution in [0.5, 0.6) is 0 Å². The lowest BCUT2D eigenvalue weighted by molar-refractivity contribution is 0.0672. The van der Waals surface area contributed by atoms with Gasteiger partial charge in [-0.15, -0.1) is 0 Å². The number of carbonyl (C=O) groups excluding carboxylic acids is 1. The van der Waals surface area contributed by atoms with Crippen LogP contribution in [0.25, 0.3) is 11.4 Å². The molecule has 29 heavy (non-hydrogen) atoms. The van der Waals surface area contributed by atoms with Crippen LogP contribution in [0, 0.1) is 18.7 Å². The van der Waals surface area contributed by atoms with Crippen molar-refractivity contribution in [3.8, 4) is 11.4 Å². The van der Waals surface area contributed by atoms with Gasteiger partial charge in [0, 0.05) is 31.9 Å². The van der Waals surface area contributed by atoms with E-state index in [-0.39, 0.29) is 11.7 Å². The highest BCUT2D eigenvalue weighted by atomic mass is 19.1. The molecule has 0 aliphatic carbocycles. The fourth-order valence-electron chi connectivity index (χ4n) is 3.88. The summed E-state index contributed by atoms with van der Waals surface area (Å²) in [6.07, 6.45) is 8.07. The van der Waals surface area contributed by atoms with Crippen molar-refractivity contribution in [3.05, 3.63) is 65.8 Å². The van der Waals surface area contributed by atoms with Crippen LogP contribution < -0.4 is 0 Å². The number of halogens is 1. The summed E-state index contributed by atoms with van der Waals surface area (Å²) in [6, 6.07) is 5.90. The normalized spacial score (nSPS) is 16.8. The molecule has 3 aromatic rings. The molecule has 0 N–H and O–H groups in total. The summed E-state index contributed by atoms with van der Waals surface area (Å²) in [4.78, 5) is 28.0. The SMILES string of the molecule is Cc1ncc(-c2cncc(C[C@@H]3CCCN(C(=O)c4cccc(F)c4)C3)n2)n1C. The number of benzene rings is 1. The van der Waals surface area contributed by atoms with Crippen LogP contribution in [-0.4, -0.2) is 43.4 Å². The summed E-state index contributed by atoms with van der Waals surface area (Å²) in [5, 5.41) is 0. The Kier molecular flexibility index (Phi) is 5.38. The molecule has 1 amide bonds. The van der Waals surface area contributed by atoms with E-state index in [2.05, 4.69) is 9.97 Å². The molecule has 3 heterocycles. The molecule has 7 heteroatoms. The Bertz CT molecular complexity index is 1030. The lowest BCUT2D eigenvalue weighted by atomic mass is 9.93. The van der Waals surface area contributed by atoms with Gasteiger partial charge in [-0.3, -0.25) is 9.78 Å². The quantitative estimate of drug-likeness (QED) is 0.681. The Morgan fingerprint density at radius 3 is 2.90 bits per heavy atom. The minimum Gasteiger partial charge on any atom is -0.338 e. The minimum absolute atomic E-state index is 0.112. The van der Waals surface area contributed by atoms with E-state index in [1.165, 1.54) is 12.1 Å². The first-order valence-corrected chi connectivity index (χ1v) is 9.85. The second-order valence-electron chi connectivity index (χ2n) is 7.62. The predicted molar refractivity (Wildman–Crippen MR) is 108 cm³/mol. The average Bonchev–Trinajstić information content (AvgIpc) is 3.06. The van der Waals surface area contributed by atoms with Crippen LogP contribution in [0.3, 0.4) is 0 Å². The molecule has 0 unspecified atom stereocenters. The molecular weight excluding hydrogens is 369 g/mol. The molecule has 1 aromatic carbocycles. The number of aryl methyl sites for hydroxylation is 1. The molecule has 4 rings (SSSR count). The van der Waals surface area contributed by atoms with Gasteiger partial charge in [0.1, 0.15) is 17.3 Å². The van der Waals surface area contributed by atoms with Gasteiger partial charge < -0.3 is 9.47 Å². The summed E-state index contributed by atoms with van der Waals surface area (Å²) < 4.78 is 15.5. The van der Waals surface area contributed by atoms with Gasteiger partial charge in [-0.25, -0.2) is 14.4 Å². The van der Waals surface area contributed by atoms with Crippen LogP contribution in [0.1, 0.15) is 34.7 Å². The fourth-order valence-corrected chi connectivity index (χ4v) is 3.88. The van der Waals surface area contributed by atoms with Gasteiger partial charge in [0.05, 0.1) is 23.8 Å². The highest BCUT2D eigenvalue weighted by molar-refractivity contribution is 5.94. The van der Waals surface area contributed by atoms with E-state index in [1.807, 2.05) is 29.6 Å². The van der Waals surface area contributed by atoms with Crippen molar-refractivity contribution in [2.75, 3.05) is 13.1 Å². The number of amides is 1. The monoisotopic (exact) mass is 393 g/mol. The van der Waals surface area contributed by atoms with Gasteiger partial charge in [0.15, 0.2) is 0 Å². The maximum atomic E-state index is 13.5. The van der Waals surface area contributed by atoms with Crippen LogP contribution in [0.15, 0.2) is 42.9 Å². The van der Waals surface area contributed by atoms with E-state index in [9.17, 15) is 9.18 Å². The molecule has 0 bridgehead atoms. The molecule has 2 aromatic heterocycles. The van der Waals surface area contributed by atoms with Crippen molar-refractivity contribution in [3.63, 3.8) is 0 Å². The highest BCUT2D eigenvalue weighted by Crippen LogP contribution is 2.23. The topological polar surface area (TPSA) is 63.9 Å². The second-order valence-corrected chi connectivity index (χ2v) is 7.62. The third kappa shape index (κ3) is 4.18. The number of piperidine rings is 1. The van der Waals surface area contributed by atoms with Gasteiger partial charge in [-0.1, -0.05) is 6.07 Å². The van der Waals surface area contributed by atoms with Gasteiger partial charge >= 0.3 is 0 Å². The standard InChI is InChI=1S/C22H24FN5O/c1-15-25-13-21(27(15)2)20-12-24-11-19(26-20)9-16-5-4-8-28(14-16)22(29)17-6-3-7-18(23)10-17/h3,6-7,10-13,16H,4-5,8-9,14H2,1-2H3/t16-/m0/s1. The summed E-state index contributed by atoms with van der Waals surface area (Å²) in [6.45, 7) is 3.30. The largest absolute Gasteiger partial charge is 0.338 e. The number of rotatable bonds is 4. The zero-order valence-electron chi connectivity index (χ0n) is 16.7. The van der Waals surface area contributed by atoms with Gasteiger partial charge in [-0.05, 0) is 50.3 Å². The molecule has 1 saturated heterocycles. The lowest BCUT2D eigenvalue weighted by Crippen LogP contribution is -2.40. The fraction of sp³-hybridized carbons (Fsp3) is 0.364. The number of hydrogen-bond acceptors (Lipinski definition) is 4. The van der Waals surface area contributed by atoms with Crippen molar-refractivity contribution >= 4 is 5.91 Å². The van der Waals surface area contributed by atoms with Crippen LogP contribution in [-0.2, 0) is 13.5 Å². The molecule has 1 aliphatic rings. The van der Waals surface area contributed by atoms with Crippen LogP contribution in [0.4, 0.5) is 4.39 Å². The van der Waals surface area contributed by atoms with Crippen molar-refractivity contribution in [2.45, 2.75) is 26.2 Å². The molecule has 150 valence electrons. The van der Waals surface area contributed by atoms with Crippen molar-refractivity contribution in [1.82, 2.24) is 24.4 Å². The first kappa shape index (κ1) is 19.2. The first-order chi connectivity index (χ1) is 14.0. The van der Waals surface area contributed by atoms with Gasteiger partial charge in [0.2, 0.25) is 0 Å². The molecule has 1 atom stereocenters. The Morgan fingerprint density at radius 1 is 1.28 bits per heavy atom. The summed E-state index contributed by atoms with van der Waals surface area (Å²) in [7, 11) is 1.96. The summed E-state index contributed by atoms with van der Waals surface area (Å²) in [5.41, 5.74) is 3.04. The molecule has 0 saturated carbocycles. The average molecular weight is 393 g/mol. The van der Waals surface area contributed by atoms with Crippen molar-refractivity contribution in [2.24, 2.45) is 13.0 Å². The summed E-state index contributed by atoms with van der Waals surface area (Å²) >= 11 is 0. The second kappa shape index (κ2) is 8.11. The smallest absolute Gasteiger partial charge is 0.253 e. The Labute approximate surface area is 169 Å². The third-order valence-electron chi connectivity index (χ3n) is 5.54. The maximum absolute atomic E-state index is 13.5. The van der Waals surface area contributed by atoms with Crippen molar-refractivity contribution < 1.29 is 9.18 Å². The first-order valence-electron chi connectivity index (χ1n) is 9.85. The van der Waals surface area contributed by atoms with Crippen LogP contribution >= 0.6 is 0 Å². The summed E-state index contributed by atoms with van der Waals surface area (Å²) in [5.74, 6) is 0.728. The van der Waals surface area contributed by atoms with Gasteiger partial charge in [-0.2, -0.15) is 0 Å². The molecule has 0 radical (unpaired) electrons. The van der Waals surface area contributed by atoms with E-state index >= 15 is 0 Å². The molecule has 1 aliphatic heterocycles. The number of hydrogen-bond donors (Lipinski definition) is 0. The maximum Gasteiger partial charge on any atom is 0.253 e. The zero-order valence-corrected chi connectivity index (χ0v) is 16.7. The Balaban J connectivity index is 1.46. The Morgan fingerprint density at radius 2 is 2.14 bits per heavy atom. The third-order valence-corrected chi connectivity index (χ3v) is 5.54. The van der Waals surface area contributed by atoms with E-state index < -0.39 is 0 Å². The number of imidazole rings is 1. The van der Waals surface area contributed by atoms with E-state index in [0.29, 0.717) is 24.6 Å². The van der Waals surface area contributed by atoms with E-state index in [0.717, 1.165) is 42.2 Å². The molecule has 0 spiro atoms. The molecule has 6 nitrogen and oxygen atoms in total. The zero-order chi connectivity index (χ0) is 20.4. The number of carbonyl (C=O) groups is 1. The number of nitrogens with zero attached hydrogens (tertiary/aromatic N) is 5. The molecule has 1 fully saturated rings. The Hall–Kier alpha value is -3.09. The van der Waals surface area contributed by atoms with E-state index in [1.54, 1.807) is 24.5 Å². The highest BCUT2D eigenvalue weighted by Gasteiger charge is 2.25. The molecular formula is C22H24FN5O. The van der Waals surface area contributed by atoms with Gasteiger partial charge in [0.25, 0.3) is 5.91 Å². The lowest BCUT2D eigenvalue weighted by Gasteiger charge is -2.32. The predicted octanol–water partition coefficient (Wildman–Crippen LogP) is 3.42. The number of likely N-dealkylation sites (tertiary alicyclic amines) is 1. The van der Waals surface area contributed by atoms with Crippen molar-refractivity contribution in [1.29, 1.82) is 0 Å². The number of aromatic nitrogens is 4. The van der Waals surface area contributed by atoms with Crippen LogP contribution in [0.2, 0.25) is 0 Å².